The molecule has 1 aromatic carbocycles. The molecule has 1 saturated heterocycles. The quantitative estimate of drug-likeness (QED) is 0.525. The molecule has 0 radical (unpaired) electrons. The Morgan fingerprint density at radius 2 is 1.86 bits per heavy atom. The van der Waals surface area contributed by atoms with E-state index >= 15 is 0 Å². The second kappa shape index (κ2) is 10.3. The molecular weight excluding hydrogens is 464 g/mol. The molecule has 3 aromatic rings. The van der Waals surface area contributed by atoms with E-state index in [4.69, 9.17) is 9.47 Å². The van der Waals surface area contributed by atoms with E-state index in [2.05, 4.69) is 29.1 Å². The molecule has 1 aliphatic rings. The molecule has 9 heteroatoms. The minimum atomic E-state index is -0.256. The lowest BCUT2D eigenvalue weighted by Crippen LogP contribution is -2.42. The van der Waals surface area contributed by atoms with Crippen LogP contribution in [-0.4, -0.2) is 54.0 Å². The van der Waals surface area contributed by atoms with Crippen molar-refractivity contribution in [2.45, 2.75) is 40.7 Å². The minimum Gasteiger partial charge on any atom is -0.480 e. The fourth-order valence-electron chi connectivity index (χ4n) is 4.78. The highest BCUT2D eigenvalue weighted by molar-refractivity contribution is 7.20. The van der Waals surface area contributed by atoms with Gasteiger partial charge in [-0.15, -0.1) is 11.3 Å². The molecule has 0 spiro atoms. The lowest BCUT2D eigenvalue weighted by molar-refractivity contribution is 0.0623. The maximum Gasteiger partial charge on any atom is 0.266 e. The Morgan fingerprint density at radius 1 is 1.14 bits per heavy atom. The van der Waals surface area contributed by atoms with Gasteiger partial charge in [0.25, 0.3) is 11.8 Å². The molecule has 8 nitrogen and oxygen atoms in total. The summed E-state index contributed by atoms with van der Waals surface area (Å²) in [7, 11) is 3.12. The third kappa shape index (κ3) is 5.16. The van der Waals surface area contributed by atoms with Crippen molar-refractivity contribution >= 4 is 39.1 Å². The average Bonchev–Trinajstić information content (AvgIpc) is 3.15. The van der Waals surface area contributed by atoms with E-state index in [-0.39, 0.29) is 18.4 Å². The first-order chi connectivity index (χ1) is 16.7. The zero-order valence-corrected chi connectivity index (χ0v) is 21.9. The zero-order chi connectivity index (χ0) is 25.3. The number of amides is 2. The number of aromatic nitrogens is 2. The third-order valence-corrected chi connectivity index (χ3v) is 7.55. The molecule has 1 N–H and O–H groups in total. The van der Waals surface area contributed by atoms with Crippen molar-refractivity contribution in [2.24, 2.45) is 11.8 Å². The number of likely N-dealkylation sites (tertiary alicyclic amines) is 1. The number of carbonyl (C=O) groups excluding carboxylic acids is 2. The number of carbonyl (C=O) groups is 2. The molecule has 2 amide bonds. The zero-order valence-electron chi connectivity index (χ0n) is 21.1. The summed E-state index contributed by atoms with van der Waals surface area (Å²) in [5, 5.41) is 3.73. The van der Waals surface area contributed by atoms with Crippen LogP contribution in [0.2, 0.25) is 0 Å². The van der Waals surface area contributed by atoms with Crippen molar-refractivity contribution in [3.8, 4) is 5.88 Å². The van der Waals surface area contributed by atoms with Crippen LogP contribution in [0.3, 0.4) is 0 Å². The lowest BCUT2D eigenvalue weighted by Gasteiger charge is -2.35. The summed E-state index contributed by atoms with van der Waals surface area (Å²) in [5.41, 5.74) is 2.84. The number of aryl methyl sites for hydroxylation is 2. The number of anilines is 1. The third-order valence-electron chi connectivity index (χ3n) is 6.37. The maximum absolute atomic E-state index is 13.3. The summed E-state index contributed by atoms with van der Waals surface area (Å²) in [6.07, 6.45) is 1.13. The Bertz CT molecular complexity index is 1260. The van der Waals surface area contributed by atoms with Crippen LogP contribution in [0.5, 0.6) is 5.88 Å². The molecule has 186 valence electrons. The number of fused-ring (bicyclic) bond motifs is 1. The molecule has 1 fully saturated rings. The molecule has 1 aliphatic heterocycles. The lowest BCUT2D eigenvalue weighted by atomic mass is 9.91. The number of nitrogens with one attached hydrogen (secondary N) is 1. The summed E-state index contributed by atoms with van der Waals surface area (Å²) in [6.45, 7) is 9.91. The van der Waals surface area contributed by atoms with Crippen LogP contribution < -0.4 is 10.1 Å². The van der Waals surface area contributed by atoms with Crippen molar-refractivity contribution in [1.82, 2.24) is 14.9 Å². The first kappa shape index (κ1) is 25.1. The van der Waals surface area contributed by atoms with Gasteiger partial charge in [-0.3, -0.25) is 9.59 Å². The topological polar surface area (TPSA) is 93.7 Å². The van der Waals surface area contributed by atoms with E-state index in [1.54, 1.807) is 20.3 Å². The van der Waals surface area contributed by atoms with E-state index in [9.17, 15) is 9.59 Å². The van der Waals surface area contributed by atoms with Crippen LogP contribution in [0.25, 0.3) is 10.2 Å². The summed E-state index contributed by atoms with van der Waals surface area (Å²) in [4.78, 5) is 38.6. The highest BCUT2D eigenvalue weighted by Gasteiger charge is 2.27. The van der Waals surface area contributed by atoms with Crippen LogP contribution in [0.1, 0.15) is 57.2 Å². The predicted molar refractivity (Wildman–Crippen MR) is 137 cm³/mol. The fraction of sp³-hybridized carbons (Fsp3) is 0.462. The molecule has 35 heavy (non-hydrogen) atoms. The van der Waals surface area contributed by atoms with Gasteiger partial charge in [0.1, 0.15) is 11.4 Å². The molecule has 0 bridgehead atoms. The summed E-state index contributed by atoms with van der Waals surface area (Å²) < 4.78 is 10.6. The van der Waals surface area contributed by atoms with Crippen LogP contribution in [0, 0.1) is 25.7 Å². The molecule has 2 atom stereocenters. The van der Waals surface area contributed by atoms with Gasteiger partial charge >= 0.3 is 0 Å². The van der Waals surface area contributed by atoms with Gasteiger partial charge in [0, 0.05) is 31.5 Å². The second-order valence-electron chi connectivity index (χ2n) is 9.46. The Morgan fingerprint density at radius 3 is 2.51 bits per heavy atom. The highest BCUT2D eigenvalue weighted by atomic mass is 32.1. The molecule has 2 unspecified atom stereocenters. The summed E-state index contributed by atoms with van der Waals surface area (Å²) in [5.74, 6) is 1.62. The van der Waals surface area contributed by atoms with Crippen LogP contribution in [0.15, 0.2) is 18.2 Å². The Kier molecular flexibility index (Phi) is 7.37. The summed E-state index contributed by atoms with van der Waals surface area (Å²) >= 11 is 1.29. The van der Waals surface area contributed by atoms with E-state index in [1.807, 2.05) is 30.9 Å². The number of rotatable bonds is 6. The van der Waals surface area contributed by atoms with Crippen molar-refractivity contribution in [1.29, 1.82) is 0 Å². The van der Waals surface area contributed by atoms with Crippen molar-refractivity contribution in [3.63, 3.8) is 0 Å². The monoisotopic (exact) mass is 496 g/mol. The first-order valence-electron chi connectivity index (χ1n) is 11.8. The van der Waals surface area contributed by atoms with E-state index in [1.165, 1.54) is 11.3 Å². The molecule has 0 aliphatic carbocycles. The van der Waals surface area contributed by atoms with Gasteiger partial charge in [-0.1, -0.05) is 19.9 Å². The largest absolute Gasteiger partial charge is 0.480 e. The van der Waals surface area contributed by atoms with Gasteiger partial charge in [-0.25, -0.2) is 4.98 Å². The Labute approximate surface area is 209 Å². The maximum atomic E-state index is 13.3. The molecular formula is C26H32N4O4S. The van der Waals surface area contributed by atoms with E-state index < -0.39 is 0 Å². The smallest absolute Gasteiger partial charge is 0.266 e. The predicted octanol–water partition coefficient (Wildman–Crippen LogP) is 4.83. The Balaban J connectivity index is 1.61. The number of hydrogen-bond acceptors (Lipinski definition) is 7. The standard InChI is InChI=1S/C26H32N4O4S/c1-14-9-15(2)12-30(11-14)26(32)18-8-7-16(3)19(10-18)27-23(31)22-17(4)21-24(34-6)28-20(13-33-5)29-25(21)35-22/h7-8,10,14-15H,9,11-13H2,1-6H3,(H,27,31). The van der Waals surface area contributed by atoms with Gasteiger partial charge in [0.15, 0.2) is 5.82 Å². The second-order valence-corrected chi connectivity index (χ2v) is 10.5. The van der Waals surface area contributed by atoms with Gasteiger partial charge in [-0.05, 0) is 55.4 Å². The number of methoxy groups -OCH3 is 2. The van der Waals surface area contributed by atoms with Crippen molar-refractivity contribution in [3.05, 3.63) is 45.6 Å². The van der Waals surface area contributed by atoms with Crippen LogP contribution in [-0.2, 0) is 11.3 Å². The van der Waals surface area contributed by atoms with Gasteiger partial charge < -0.3 is 19.7 Å². The highest BCUT2D eigenvalue weighted by Crippen LogP contribution is 2.35. The molecule has 3 heterocycles. The van der Waals surface area contributed by atoms with Crippen LogP contribution >= 0.6 is 11.3 Å². The first-order valence-corrected chi connectivity index (χ1v) is 12.6. The van der Waals surface area contributed by atoms with Gasteiger partial charge in [0.2, 0.25) is 5.88 Å². The molecule has 4 rings (SSSR count). The van der Waals surface area contributed by atoms with E-state index in [0.29, 0.717) is 44.5 Å². The number of nitrogens with zero attached hydrogens (tertiary/aromatic N) is 3. The Hall–Kier alpha value is -3.04. The molecule has 2 aromatic heterocycles. The fourth-order valence-corrected chi connectivity index (χ4v) is 5.87. The van der Waals surface area contributed by atoms with Gasteiger partial charge in [-0.2, -0.15) is 4.98 Å². The van der Waals surface area contributed by atoms with Crippen LogP contribution in [0.4, 0.5) is 5.69 Å². The minimum absolute atomic E-state index is 0.00243. The van der Waals surface area contributed by atoms with E-state index in [0.717, 1.165) is 36.0 Å². The van der Waals surface area contributed by atoms with Crippen molar-refractivity contribution < 1.29 is 19.1 Å². The average molecular weight is 497 g/mol. The number of thiophene rings is 1. The number of ether oxygens (including phenoxy) is 2. The molecule has 0 saturated carbocycles. The number of piperidine rings is 1. The SMILES string of the molecule is COCc1nc(OC)c2c(C)c(C(=O)Nc3cc(C(=O)N4CC(C)CC(C)C4)ccc3C)sc2n1. The number of hydrogen-bond donors (Lipinski definition) is 1. The number of benzene rings is 1. The van der Waals surface area contributed by atoms with Gasteiger partial charge in [0.05, 0.1) is 17.4 Å². The summed E-state index contributed by atoms with van der Waals surface area (Å²) in [6, 6.07) is 5.49. The normalized spacial score (nSPS) is 18.1. The van der Waals surface area contributed by atoms with Crippen molar-refractivity contribution in [2.75, 3.05) is 32.6 Å².